The molecule has 2 aromatic heterocycles. The van der Waals surface area contributed by atoms with Crippen LogP contribution in [0.3, 0.4) is 0 Å². The van der Waals surface area contributed by atoms with Crippen molar-refractivity contribution in [2.24, 2.45) is 0 Å². The third kappa shape index (κ3) is 4.71. The maximum atomic E-state index is 13.7. The van der Waals surface area contributed by atoms with Gasteiger partial charge in [-0.05, 0) is 55.5 Å². The van der Waals surface area contributed by atoms with Crippen LogP contribution in [-0.2, 0) is 23.0 Å². The average molecular weight is 499 g/mol. The smallest absolute Gasteiger partial charge is 0.310 e. The average Bonchev–Trinajstić information content (AvgIpc) is 3.18. The molecule has 0 saturated heterocycles. The topological polar surface area (TPSA) is 78.3 Å². The molecular formula is C24H22N2O4S3. The number of nitrogens with zero attached hydrogens (tertiary/aromatic N) is 2. The number of thioether (sulfide) groups is 1. The van der Waals surface area contributed by atoms with Crippen LogP contribution in [0.1, 0.15) is 23.3 Å². The Bertz CT molecular complexity index is 1450. The molecule has 0 atom stereocenters. The molecule has 9 heteroatoms. The predicted molar refractivity (Wildman–Crippen MR) is 133 cm³/mol. The van der Waals surface area contributed by atoms with E-state index in [-0.39, 0.29) is 22.8 Å². The molecule has 0 fully saturated rings. The van der Waals surface area contributed by atoms with E-state index in [1.54, 1.807) is 46.2 Å². The van der Waals surface area contributed by atoms with Gasteiger partial charge in [0.2, 0.25) is 0 Å². The number of aryl methyl sites for hydroxylation is 2. The Kier molecular flexibility index (Phi) is 6.27. The van der Waals surface area contributed by atoms with Crippen molar-refractivity contribution in [2.75, 3.05) is 11.5 Å². The summed E-state index contributed by atoms with van der Waals surface area (Å²) >= 11 is 2.85. The van der Waals surface area contributed by atoms with Crippen molar-refractivity contribution in [1.82, 2.24) is 9.55 Å². The highest BCUT2D eigenvalue weighted by atomic mass is 32.2. The molecule has 0 spiro atoms. The molecule has 0 bridgehead atoms. The van der Waals surface area contributed by atoms with Gasteiger partial charge in [0.05, 0.1) is 16.8 Å². The molecule has 2 heterocycles. The highest BCUT2D eigenvalue weighted by molar-refractivity contribution is 8.00. The summed E-state index contributed by atoms with van der Waals surface area (Å²) in [6, 6.07) is 17.8. The quantitative estimate of drug-likeness (QED) is 0.206. The minimum Gasteiger partial charge on any atom is -0.382 e. The standard InChI is InChI=1S/C24H22N2O4S3/c27-23-21-19-13-7-8-14-20(19)32-22(21)25-24(26(23)17-9-3-1-4-10-17)31-15-16-33(28,29)30-18-11-5-2-6-12-18/h1-6,9-12H,7-8,13-16H2. The Morgan fingerprint density at radius 1 is 1.00 bits per heavy atom. The molecule has 2 aromatic carbocycles. The predicted octanol–water partition coefficient (Wildman–Crippen LogP) is 4.83. The molecule has 1 aliphatic carbocycles. The largest absolute Gasteiger partial charge is 0.382 e. The summed E-state index contributed by atoms with van der Waals surface area (Å²) < 4.78 is 31.7. The van der Waals surface area contributed by atoms with Crippen LogP contribution in [0.15, 0.2) is 70.6 Å². The van der Waals surface area contributed by atoms with Crippen molar-refractivity contribution in [2.45, 2.75) is 30.8 Å². The van der Waals surface area contributed by atoms with Gasteiger partial charge in [0.15, 0.2) is 5.16 Å². The molecule has 5 rings (SSSR count). The molecule has 0 aliphatic heterocycles. The van der Waals surface area contributed by atoms with Crippen molar-refractivity contribution >= 4 is 43.4 Å². The molecule has 0 saturated carbocycles. The number of benzene rings is 2. The highest BCUT2D eigenvalue weighted by Gasteiger charge is 2.23. The van der Waals surface area contributed by atoms with Gasteiger partial charge < -0.3 is 4.18 Å². The minimum absolute atomic E-state index is 0.0866. The number of hydrogen-bond acceptors (Lipinski definition) is 7. The Labute approximate surface area is 200 Å². The van der Waals surface area contributed by atoms with E-state index < -0.39 is 10.1 Å². The lowest BCUT2D eigenvalue weighted by molar-refractivity contribution is 0.488. The van der Waals surface area contributed by atoms with Crippen LogP contribution in [0, 0.1) is 0 Å². The van der Waals surface area contributed by atoms with Gasteiger partial charge in [-0.25, -0.2) is 4.98 Å². The van der Waals surface area contributed by atoms with Crippen LogP contribution in [0.25, 0.3) is 15.9 Å². The van der Waals surface area contributed by atoms with E-state index in [2.05, 4.69) is 0 Å². The second kappa shape index (κ2) is 9.32. The van der Waals surface area contributed by atoms with Gasteiger partial charge in [-0.15, -0.1) is 11.3 Å². The van der Waals surface area contributed by atoms with E-state index in [9.17, 15) is 13.2 Å². The number of fused-ring (bicyclic) bond motifs is 3. The van der Waals surface area contributed by atoms with E-state index in [4.69, 9.17) is 9.17 Å². The van der Waals surface area contributed by atoms with Gasteiger partial charge in [-0.3, -0.25) is 9.36 Å². The number of para-hydroxylation sites is 2. The zero-order chi connectivity index (χ0) is 22.8. The van der Waals surface area contributed by atoms with Gasteiger partial charge in [-0.2, -0.15) is 8.42 Å². The molecule has 33 heavy (non-hydrogen) atoms. The molecule has 0 amide bonds. The van der Waals surface area contributed by atoms with E-state index in [0.717, 1.165) is 41.8 Å². The van der Waals surface area contributed by atoms with Crippen LogP contribution in [-0.4, -0.2) is 29.5 Å². The van der Waals surface area contributed by atoms with Crippen LogP contribution < -0.4 is 9.74 Å². The van der Waals surface area contributed by atoms with Gasteiger partial charge in [0.25, 0.3) is 5.56 Å². The molecule has 0 radical (unpaired) electrons. The Morgan fingerprint density at radius 3 is 2.45 bits per heavy atom. The Hall–Kier alpha value is -2.62. The zero-order valence-corrected chi connectivity index (χ0v) is 20.2. The maximum Gasteiger partial charge on any atom is 0.310 e. The first kappa shape index (κ1) is 22.2. The third-order valence-electron chi connectivity index (χ3n) is 5.50. The fourth-order valence-electron chi connectivity index (χ4n) is 3.99. The van der Waals surface area contributed by atoms with E-state index in [0.29, 0.717) is 10.5 Å². The normalized spacial score (nSPS) is 13.7. The lowest BCUT2D eigenvalue weighted by atomic mass is 9.97. The second-order valence-electron chi connectivity index (χ2n) is 7.77. The molecule has 1 aliphatic rings. The lowest BCUT2D eigenvalue weighted by Gasteiger charge is -2.13. The number of thiophene rings is 1. The van der Waals surface area contributed by atoms with Crippen molar-refractivity contribution in [3.8, 4) is 11.4 Å². The SMILES string of the molecule is O=c1c2c3c(sc2nc(SCCS(=O)(=O)Oc2ccccc2)n1-c1ccccc1)CCCC3. The summed E-state index contributed by atoms with van der Waals surface area (Å²) in [5.41, 5.74) is 1.77. The summed E-state index contributed by atoms with van der Waals surface area (Å²) in [6.45, 7) is 0. The van der Waals surface area contributed by atoms with Gasteiger partial charge >= 0.3 is 10.1 Å². The first-order chi connectivity index (χ1) is 16.0. The molecule has 4 aromatic rings. The Morgan fingerprint density at radius 2 is 1.70 bits per heavy atom. The van der Waals surface area contributed by atoms with Gasteiger partial charge in [0, 0.05) is 10.6 Å². The van der Waals surface area contributed by atoms with Crippen LogP contribution in [0.2, 0.25) is 0 Å². The van der Waals surface area contributed by atoms with Gasteiger partial charge in [0.1, 0.15) is 10.6 Å². The Balaban J connectivity index is 1.47. The van der Waals surface area contributed by atoms with E-state index >= 15 is 0 Å². The summed E-state index contributed by atoms with van der Waals surface area (Å²) in [7, 11) is -3.77. The number of hydrogen-bond donors (Lipinski definition) is 0. The summed E-state index contributed by atoms with van der Waals surface area (Å²) in [6.07, 6.45) is 4.11. The number of aromatic nitrogens is 2. The maximum absolute atomic E-state index is 13.7. The minimum atomic E-state index is -3.77. The fraction of sp³-hybridized carbons (Fsp3) is 0.250. The number of rotatable bonds is 7. The van der Waals surface area contributed by atoms with Gasteiger partial charge in [-0.1, -0.05) is 48.2 Å². The van der Waals surface area contributed by atoms with Crippen molar-refractivity contribution in [1.29, 1.82) is 0 Å². The van der Waals surface area contributed by atoms with E-state index in [1.165, 1.54) is 16.6 Å². The third-order valence-corrected chi connectivity index (χ3v) is 9.04. The first-order valence-electron chi connectivity index (χ1n) is 10.7. The molecule has 0 unspecified atom stereocenters. The fourth-order valence-corrected chi connectivity index (χ4v) is 7.59. The van der Waals surface area contributed by atoms with Crippen molar-refractivity contribution < 1.29 is 12.6 Å². The van der Waals surface area contributed by atoms with Crippen molar-refractivity contribution in [3.05, 3.63) is 81.5 Å². The molecule has 6 nitrogen and oxygen atoms in total. The monoisotopic (exact) mass is 498 g/mol. The molecule has 0 N–H and O–H groups in total. The zero-order valence-electron chi connectivity index (χ0n) is 17.8. The van der Waals surface area contributed by atoms with Crippen LogP contribution in [0.5, 0.6) is 5.75 Å². The van der Waals surface area contributed by atoms with Crippen molar-refractivity contribution in [3.63, 3.8) is 0 Å². The van der Waals surface area contributed by atoms with Crippen LogP contribution in [0.4, 0.5) is 0 Å². The summed E-state index contributed by atoms with van der Waals surface area (Å²) in [5, 5.41) is 1.20. The second-order valence-corrected chi connectivity index (χ2v) is 11.6. The highest BCUT2D eigenvalue weighted by Crippen LogP contribution is 2.35. The summed E-state index contributed by atoms with van der Waals surface area (Å²) in [5.74, 6) is 0.300. The molecule has 170 valence electrons. The van der Waals surface area contributed by atoms with E-state index in [1.807, 2.05) is 30.3 Å². The first-order valence-corrected chi connectivity index (χ1v) is 14.1. The lowest BCUT2D eigenvalue weighted by Crippen LogP contribution is -2.23. The van der Waals surface area contributed by atoms with Crippen LogP contribution >= 0.6 is 23.1 Å². The summed E-state index contributed by atoms with van der Waals surface area (Å²) in [4.78, 5) is 20.5. The molecular weight excluding hydrogens is 476 g/mol.